The molecule has 0 fully saturated rings. The molecule has 0 aromatic heterocycles. The standard InChI is InChI=1S/C22H26N2O4/c1-4-18-13(2)23-24-22(14-5-6-15(10-25)16(7-14)11-26)20-8-17(12-27)21(28-3)9-19(18)20/h5-9,18,25-27H,4,10-12H2,1-3H3/t18-/m1/s1. The second-order valence-electron chi connectivity index (χ2n) is 6.86. The molecule has 148 valence electrons. The molecule has 1 heterocycles. The SMILES string of the molecule is CC[C@@H]1C(C)=NN=C(c2ccc(CO)c(CO)c2)c2cc(CO)c(OC)cc21. The van der Waals surface area contributed by atoms with Crippen molar-refractivity contribution in [2.45, 2.75) is 46.0 Å². The van der Waals surface area contributed by atoms with Crippen LogP contribution < -0.4 is 4.74 Å². The lowest BCUT2D eigenvalue weighted by atomic mass is 9.84. The Labute approximate surface area is 164 Å². The van der Waals surface area contributed by atoms with Gasteiger partial charge in [0.2, 0.25) is 0 Å². The summed E-state index contributed by atoms with van der Waals surface area (Å²) in [4.78, 5) is 0. The summed E-state index contributed by atoms with van der Waals surface area (Å²) in [6.07, 6.45) is 0.859. The Morgan fingerprint density at radius 2 is 1.64 bits per heavy atom. The molecule has 6 heteroatoms. The fourth-order valence-corrected chi connectivity index (χ4v) is 3.73. The van der Waals surface area contributed by atoms with E-state index < -0.39 is 0 Å². The van der Waals surface area contributed by atoms with Crippen molar-refractivity contribution in [3.63, 3.8) is 0 Å². The van der Waals surface area contributed by atoms with Crippen LogP contribution in [0.5, 0.6) is 5.75 Å². The third-order valence-corrected chi connectivity index (χ3v) is 5.29. The monoisotopic (exact) mass is 382 g/mol. The quantitative estimate of drug-likeness (QED) is 0.716. The van der Waals surface area contributed by atoms with Crippen molar-refractivity contribution in [2.75, 3.05) is 7.11 Å². The molecule has 6 nitrogen and oxygen atoms in total. The first-order chi connectivity index (χ1) is 13.6. The normalized spacial score (nSPS) is 16.1. The highest BCUT2D eigenvalue weighted by Crippen LogP contribution is 2.35. The number of methoxy groups -OCH3 is 1. The molecule has 0 amide bonds. The van der Waals surface area contributed by atoms with Crippen molar-refractivity contribution < 1.29 is 20.1 Å². The van der Waals surface area contributed by atoms with Crippen molar-refractivity contribution in [1.29, 1.82) is 0 Å². The second-order valence-corrected chi connectivity index (χ2v) is 6.86. The van der Waals surface area contributed by atoms with Gasteiger partial charge in [-0.2, -0.15) is 5.10 Å². The molecule has 1 aliphatic heterocycles. The Morgan fingerprint density at radius 1 is 0.929 bits per heavy atom. The number of aliphatic hydroxyl groups excluding tert-OH is 3. The van der Waals surface area contributed by atoms with E-state index in [0.29, 0.717) is 28.2 Å². The maximum atomic E-state index is 9.79. The van der Waals surface area contributed by atoms with E-state index in [1.807, 2.05) is 31.2 Å². The fraction of sp³-hybridized carbons (Fsp3) is 0.364. The molecule has 0 unspecified atom stereocenters. The molecule has 2 aromatic rings. The molecule has 0 bridgehead atoms. The summed E-state index contributed by atoms with van der Waals surface area (Å²) in [5.41, 5.74) is 6.31. The predicted molar refractivity (Wildman–Crippen MR) is 109 cm³/mol. The molecule has 2 aromatic carbocycles. The lowest BCUT2D eigenvalue weighted by Gasteiger charge is -2.20. The summed E-state index contributed by atoms with van der Waals surface area (Å²) in [6.45, 7) is 3.61. The van der Waals surface area contributed by atoms with Crippen LogP contribution in [0.15, 0.2) is 40.5 Å². The number of aliphatic hydroxyl groups is 3. The first-order valence-corrected chi connectivity index (χ1v) is 9.35. The Kier molecular flexibility index (Phi) is 6.24. The maximum absolute atomic E-state index is 9.79. The van der Waals surface area contributed by atoms with Crippen LogP contribution in [0.4, 0.5) is 0 Å². The smallest absolute Gasteiger partial charge is 0.124 e. The third-order valence-electron chi connectivity index (χ3n) is 5.29. The average molecular weight is 382 g/mol. The Bertz CT molecular complexity index is 934. The zero-order chi connectivity index (χ0) is 20.3. The van der Waals surface area contributed by atoms with Gasteiger partial charge in [-0.05, 0) is 48.2 Å². The van der Waals surface area contributed by atoms with E-state index in [-0.39, 0.29) is 25.7 Å². The van der Waals surface area contributed by atoms with Gasteiger partial charge in [-0.25, -0.2) is 0 Å². The van der Waals surface area contributed by atoms with Gasteiger partial charge in [0.25, 0.3) is 0 Å². The summed E-state index contributed by atoms with van der Waals surface area (Å²) in [7, 11) is 1.59. The van der Waals surface area contributed by atoms with Crippen molar-refractivity contribution in [1.82, 2.24) is 0 Å². The molecule has 0 saturated carbocycles. The zero-order valence-corrected chi connectivity index (χ0v) is 16.4. The molecule has 0 aliphatic carbocycles. The Balaban J connectivity index is 2.26. The lowest BCUT2D eigenvalue weighted by molar-refractivity contribution is 0.260. The van der Waals surface area contributed by atoms with Crippen LogP contribution in [0.1, 0.15) is 59.6 Å². The minimum absolute atomic E-state index is 0.0897. The van der Waals surface area contributed by atoms with Crippen LogP contribution in [0.2, 0.25) is 0 Å². The summed E-state index contributed by atoms with van der Waals surface area (Å²) in [5.74, 6) is 0.729. The molecule has 3 rings (SSSR count). The van der Waals surface area contributed by atoms with Gasteiger partial charge in [-0.3, -0.25) is 0 Å². The number of rotatable bonds is 6. The number of nitrogens with zero attached hydrogens (tertiary/aromatic N) is 2. The van der Waals surface area contributed by atoms with E-state index in [0.717, 1.165) is 28.8 Å². The number of benzene rings is 2. The molecule has 0 spiro atoms. The molecule has 0 radical (unpaired) electrons. The summed E-state index contributed by atoms with van der Waals surface area (Å²) < 4.78 is 5.48. The molecule has 0 saturated heterocycles. The van der Waals surface area contributed by atoms with Crippen molar-refractivity contribution >= 4 is 11.4 Å². The topological polar surface area (TPSA) is 94.6 Å². The Morgan fingerprint density at radius 3 is 2.25 bits per heavy atom. The largest absolute Gasteiger partial charge is 0.496 e. The number of ether oxygens (including phenoxy) is 1. The van der Waals surface area contributed by atoms with Crippen LogP contribution in [0.3, 0.4) is 0 Å². The minimum atomic E-state index is -0.172. The molecule has 1 aliphatic rings. The molecule has 28 heavy (non-hydrogen) atoms. The number of hydrogen-bond donors (Lipinski definition) is 3. The molecular formula is C22H26N2O4. The van der Waals surface area contributed by atoms with Crippen molar-refractivity contribution in [2.24, 2.45) is 10.2 Å². The molecule has 3 N–H and O–H groups in total. The highest BCUT2D eigenvalue weighted by molar-refractivity contribution is 6.15. The fourth-order valence-electron chi connectivity index (χ4n) is 3.73. The van der Waals surface area contributed by atoms with E-state index >= 15 is 0 Å². The molecular weight excluding hydrogens is 356 g/mol. The highest BCUT2D eigenvalue weighted by Gasteiger charge is 2.25. The van der Waals surface area contributed by atoms with Crippen LogP contribution >= 0.6 is 0 Å². The number of hydrogen-bond acceptors (Lipinski definition) is 6. The predicted octanol–water partition coefficient (Wildman–Crippen LogP) is 2.89. The van der Waals surface area contributed by atoms with Gasteiger partial charge in [0.1, 0.15) is 11.5 Å². The van der Waals surface area contributed by atoms with Crippen LogP contribution in [0, 0.1) is 0 Å². The van der Waals surface area contributed by atoms with E-state index in [9.17, 15) is 15.3 Å². The van der Waals surface area contributed by atoms with Gasteiger partial charge in [0.15, 0.2) is 0 Å². The van der Waals surface area contributed by atoms with Gasteiger partial charge in [0.05, 0.1) is 26.9 Å². The minimum Gasteiger partial charge on any atom is -0.496 e. The van der Waals surface area contributed by atoms with Crippen molar-refractivity contribution in [3.05, 3.63) is 63.7 Å². The summed E-state index contributed by atoms with van der Waals surface area (Å²) in [6, 6.07) is 9.35. The summed E-state index contributed by atoms with van der Waals surface area (Å²) >= 11 is 0. The second kappa shape index (κ2) is 8.65. The summed E-state index contributed by atoms with van der Waals surface area (Å²) in [5, 5.41) is 37.9. The van der Waals surface area contributed by atoms with Gasteiger partial charge in [0, 0.05) is 28.3 Å². The highest BCUT2D eigenvalue weighted by atomic mass is 16.5. The van der Waals surface area contributed by atoms with E-state index in [1.165, 1.54) is 0 Å². The molecule has 1 atom stereocenters. The van der Waals surface area contributed by atoms with E-state index in [1.54, 1.807) is 13.2 Å². The van der Waals surface area contributed by atoms with E-state index in [4.69, 9.17) is 4.74 Å². The van der Waals surface area contributed by atoms with Crippen molar-refractivity contribution in [3.8, 4) is 5.75 Å². The van der Waals surface area contributed by atoms with Gasteiger partial charge in [-0.15, -0.1) is 5.10 Å². The third kappa shape index (κ3) is 3.58. The first kappa shape index (κ1) is 20.2. The number of fused-ring (bicyclic) bond motifs is 1. The zero-order valence-electron chi connectivity index (χ0n) is 16.4. The first-order valence-electron chi connectivity index (χ1n) is 9.35. The van der Waals surface area contributed by atoms with Crippen LogP contribution in [-0.2, 0) is 19.8 Å². The van der Waals surface area contributed by atoms with Gasteiger partial charge in [-0.1, -0.05) is 19.1 Å². The van der Waals surface area contributed by atoms with Crippen LogP contribution in [0.25, 0.3) is 0 Å². The van der Waals surface area contributed by atoms with E-state index in [2.05, 4.69) is 17.1 Å². The van der Waals surface area contributed by atoms with Crippen LogP contribution in [-0.4, -0.2) is 33.9 Å². The Hall–Kier alpha value is -2.54. The maximum Gasteiger partial charge on any atom is 0.124 e. The average Bonchev–Trinajstić information content (AvgIpc) is 2.87. The van der Waals surface area contributed by atoms with Gasteiger partial charge < -0.3 is 20.1 Å². The van der Waals surface area contributed by atoms with Gasteiger partial charge >= 0.3 is 0 Å². The lowest BCUT2D eigenvalue weighted by Crippen LogP contribution is -2.13.